The lowest BCUT2D eigenvalue weighted by Gasteiger charge is -2.36. The van der Waals surface area contributed by atoms with E-state index in [4.69, 9.17) is 19.2 Å². The van der Waals surface area contributed by atoms with Gasteiger partial charge in [0.2, 0.25) is 0 Å². The highest BCUT2D eigenvalue weighted by Crippen LogP contribution is 2.35. The highest BCUT2D eigenvalue weighted by atomic mass is 16.5. The number of benzene rings is 2. The molecule has 0 saturated carbocycles. The molecule has 6 heteroatoms. The molecule has 162 valence electrons. The molecule has 3 rings (SSSR count). The summed E-state index contributed by atoms with van der Waals surface area (Å²) in [6.07, 6.45) is 1.94. The van der Waals surface area contributed by atoms with Crippen LogP contribution in [0.4, 0.5) is 5.69 Å². The van der Waals surface area contributed by atoms with Crippen LogP contribution in [0.3, 0.4) is 0 Å². The van der Waals surface area contributed by atoms with Crippen LogP contribution < -0.4 is 20.1 Å². The van der Waals surface area contributed by atoms with Crippen LogP contribution in [0.15, 0.2) is 53.5 Å². The number of rotatable bonds is 8. The Morgan fingerprint density at radius 2 is 1.83 bits per heavy atom. The largest absolute Gasteiger partial charge is 0.493 e. The molecule has 0 spiro atoms. The second-order valence-corrected chi connectivity index (χ2v) is 7.38. The van der Waals surface area contributed by atoms with Crippen molar-refractivity contribution in [3.8, 4) is 11.5 Å². The van der Waals surface area contributed by atoms with Crippen molar-refractivity contribution in [1.82, 2.24) is 5.32 Å². The monoisotopic (exact) mass is 411 g/mol. The maximum Gasteiger partial charge on any atom is 0.195 e. The molecule has 0 bridgehead atoms. The standard InChI is InChI=1S/C24H33N3O3/c1-4-25-23(27-20-11-12-21(30-5-2)22(17-20)28-3)26-18-24(13-15-29-16-14-24)19-9-7-6-8-10-19/h6-12,17H,4-5,13-16,18H2,1-3H3,(H2,25,26,27). The Morgan fingerprint density at radius 3 is 2.50 bits per heavy atom. The molecule has 2 N–H and O–H groups in total. The Hall–Kier alpha value is -2.73. The molecule has 0 aromatic heterocycles. The van der Waals surface area contributed by atoms with Gasteiger partial charge in [-0.25, -0.2) is 0 Å². The topological polar surface area (TPSA) is 64.1 Å². The van der Waals surface area contributed by atoms with Gasteiger partial charge in [-0.05, 0) is 44.4 Å². The number of methoxy groups -OCH3 is 1. The highest BCUT2D eigenvalue weighted by Gasteiger charge is 2.34. The summed E-state index contributed by atoms with van der Waals surface area (Å²) in [5.74, 6) is 2.19. The van der Waals surface area contributed by atoms with E-state index in [2.05, 4.69) is 47.9 Å². The minimum atomic E-state index is -0.00161. The third kappa shape index (κ3) is 5.45. The number of ether oxygens (including phenoxy) is 3. The number of hydrogen-bond donors (Lipinski definition) is 2. The molecule has 0 atom stereocenters. The zero-order valence-electron chi connectivity index (χ0n) is 18.2. The predicted octanol–water partition coefficient (Wildman–Crippen LogP) is 4.22. The second-order valence-electron chi connectivity index (χ2n) is 7.38. The summed E-state index contributed by atoms with van der Waals surface area (Å²) in [6, 6.07) is 16.5. The van der Waals surface area contributed by atoms with Crippen molar-refractivity contribution in [2.75, 3.05) is 45.3 Å². The van der Waals surface area contributed by atoms with Gasteiger partial charge in [0, 0.05) is 36.9 Å². The van der Waals surface area contributed by atoms with Gasteiger partial charge < -0.3 is 24.8 Å². The molecule has 0 radical (unpaired) electrons. The van der Waals surface area contributed by atoms with Gasteiger partial charge in [-0.15, -0.1) is 0 Å². The molecule has 0 amide bonds. The van der Waals surface area contributed by atoms with Crippen LogP contribution in [0.25, 0.3) is 0 Å². The Kier molecular flexibility index (Phi) is 7.97. The Labute approximate surface area is 179 Å². The van der Waals surface area contributed by atoms with Gasteiger partial charge in [0.05, 0.1) is 20.3 Å². The van der Waals surface area contributed by atoms with Crippen LogP contribution >= 0.6 is 0 Å². The van der Waals surface area contributed by atoms with E-state index in [0.29, 0.717) is 18.9 Å². The predicted molar refractivity (Wildman–Crippen MR) is 122 cm³/mol. The van der Waals surface area contributed by atoms with Crippen molar-refractivity contribution >= 4 is 11.6 Å². The molecule has 0 aliphatic carbocycles. The molecule has 6 nitrogen and oxygen atoms in total. The first kappa shape index (κ1) is 22.0. The zero-order chi connectivity index (χ0) is 21.2. The second kappa shape index (κ2) is 10.9. The van der Waals surface area contributed by atoms with Gasteiger partial charge in [0.1, 0.15) is 0 Å². The van der Waals surface area contributed by atoms with E-state index in [1.54, 1.807) is 7.11 Å². The molecular formula is C24H33N3O3. The third-order valence-electron chi connectivity index (χ3n) is 5.45. The molecule has 1 fully saturated rings. The number of anilines is 1. The molecule has 30 heavy (non-hydrogen) atoms. The van der Waals surface area contributed by atoms with Crippen LogP contribution in [-0.2, 0) is 10.2 Å². The third-order valence-corrected chi connectivity index (χ3v) is 5.45. The summed E-state index contributed by atoms with van der Waals surface area (Å²) in [5.41, 5.74) is 2.23. The Morgan fingerprint density at radius 1 is 1.07 bits per heavy atom. The van der Waals surface area contributed by atoms with E-state index >= 15 is 0 Å². The maximum absolute atomic E-state index is 5.65. The first-order valence-electron chi connectivity index (χ1n) is 10.7. The summed E-state index contributed by atoms with van der Waals surface area (Å²) >= 11 is 0. The maximum atomic E-state index is 5.65. The molecule has 1 aliphatic heterocycles. The van der Waals surface area contributed by atoms with E-state index in [9.17, 15) is 0 Å². The average Bonchev–Trinajstić information content (AvgIpc) is 2.80. The van der Waals surface area contributed by atoms with Gasteiger partial charge in [-0.3, -0.25) is 4.99 Å². The Balaban J connectivity index is 1.81. The number of guanidine groups is 1. The SMILES string of the molecule is CCNC(=NCC1(c2ccccc2)CCOCC1)Nc1ccc(OCC)c(OC)c1. The van der Waals surface area contributed by atoms with E-state index in [1.165, 1.54) is 5.56 Å². The van der Waals surface area contributed by atoms with E-state index in [-0.39, 0.29) is 5.41 Å². The molecular weight excluding hydrogens is 378 g/mol. The van der Waals surface area contributed by atoms with Crippen molar-refractivity contribution in [2.24, 2.45) is 4.99 Å². The fraction of sp³-hybridized carbons (Fsp3) is 0.458. The molecule has 0 unspecified atom stereocenters. The van der Waals surface area contributed by atoms with E-state index in [1.807, 2.05) is 25.1 Å². The summed E-state index contributed by atoms with van der Waals surface area (Å²) in [4.78, 5) is 4.96. The first-order valence-corrected chi connectivity index (χ1v) is 10.7. The van der Waals surface area contributed by atoms with Gasteiger partial charge in [0.15, 0.2) is 17.5 Å². The lowest BCUT2D eigenvalue weighted by Crippen LogP contribution is -2.39. The van der Waals surface area contributed by atoms with Gasteiger partial charge in [-0.1, -0.05) is 30.3 Å². The zero-order valence-corrected chi connectivity index (χ0v) is 18.2. The average molecular weight is 412 g/mol. The molecule has 1 aliphatic rings. The molecule has 1 heterocycles. The van der Waals surface area contributed by atoms with Crippen LogP contribution in [0.5, 0.6) is 11.5 Å². The van der Waals surface area contributed by atoms with Crippen LogP contribution in [-0.4, -0.2) is 46.0 Å². The van der Waals surface area contributed by atoms with E-state index < -0.39 is 0 Å². The summed E-state index contributed by atoms with van der Waals surface area (Å²) in [6.45, 7) is 7.64. The first-order chi connectivity index (χ1) is 14.7. The number of aliphatic imine (C=N–C) groups is 1. The van der Waals surface area contributed by atoms with Gasteiger partial charge >= 0.3 is 0 Å². The van der Waals surface area contributed by atoms with Gasteiger partial charge in [0.25, 0.3) is 0 Å². The van der Waals surface area contributed by atoms with E-state index in [0.717, 1.165) is 50.0 Å². The number of nitrogens with one attached hydrogen (secondary N) is 2. The van der Waals surface area contributed by atoms with Crippen molar-refractivity contribution < 1.29 is 14.2 Å². The normalized spacial score (nSPS) is 16.0. The highest BCUT2D eigenvalue weighted by molar-refractivity contribution is 5.94. The van der Waals surface area contributed by atoms with Crippen molar-refractivity contribution in [1.29, 1.82) is 0 Å². The summed E-state index contributed by atoms with van der Waals surface area (Å²) < 4.78 is 16.7. The van der Waals surface area contributed by atoms with Crippen LogP contribution in [0.2, 0.25) is 0 Å². The van der Waals surface area contributed by atoms with Crippen molar-refractivity contribution in [3.05, 3.63) is 54.1 Å². The molecule has 2 aromatic carbocycles. The minimum absolute atomic E-state index is 0.00161. The summed E-state index contributed by atoms with van der Waals surface area (Å²) in [7, 11) is 1.65. The van der Waals surface area contributed by atoms with Gasteiger partial charge in [-0.2, -0.15) is 0 Å². The smallest absolute Gasteiger partial charge is 0.195 e. The van der Waals surface area contributed by atoms with Crippen molar-refractivity contribution in [3.63, 3.8) is 0 Å². The quantitative estimate of drug-likeness (QED) is 0.503. The lowest BCUT2D eigenvalue weighted by molar-refractivity contribution is 0.0531. The van der Waals surface area contributed by atoms with Crippen molar-refractivity contribution in [2.45, 2.75) is 32.1 Å². The minimum Gasteiger partial charge on any atom is -0.493 e. The number of nitrogens with zero attached hydrogens (tertiary/aromatic N) is 1. The van der Waals surface area contributed by atoms with Crippen LogP contribution in [0, 0.1) is 0 Å². The summed E-state index contributed by atoms with van der Waals surface area (Å²) in [5, 5.41) is 6.76. The molecule has 2 aromatic rings. The number of hydrogen-bond acceptors (Lipinski definition) is 4. The fourth-order valence-corrected chi connectivity index (χ4v) is 3.79. The lowest BCUT2D eigenvalue weighted by atomic mass is 9.74. The Bertz CT molecular complexity index is 818. The van der Waals surface area contributed by atoms with Crippen LogP contribution in [0.1, 0.15) is 32.3 Å². The molecule has 1 saturated heterocycles. The fourth-order valence-electron chi connectivity index (χ4n) is 3.79.